The van der Waals surface area contributed by atoms with Gasteiger partial charge in [-0.1, -0.05) is 12.8 Å². The maximum Gasteiger partial charge on any atom is 0.259 e. The summed E-state index contributed by atoms with van der Waals surface area (Å²) in [6.07, 6.45) is 9.66. The van der Waals surface area contributed by atoms with Gasteiger partial charge in [-0.25, -0.2) is 9.37 Å². The number of hydrogen-bond acceptors (Lipinski definition) is 5. The molecule has 33 heavy (non-hydrogen) atoms. The number of benzene rings is 1. The van der Waals surface area contributed by atoms with Gasteiger partial charge >= 0.3 is 0 Å². The molecular formula is C26H26FN5O. The van der Waals surface area contributed by atoms with E-state index in [2.05, 4.69) is 20.2 Å². The molecule has 1 aliphatic heterocycles. The van der Waals surface area contributed by atoms with Crippen molar-refractivity contribution in [3.63, 3.8) is 0 Å². The van der Waals surface area contributed by atoms with E-state index in [1.165, 1.54) is 18.9 Å². The van der Waals surface area contributed by atoms with Crippen LogP contribution in [0.5, 0.6) is 0 Å². The van der Waals surface area contributed by atoms with Crippen LogP contribution >= 0.6 is 0 Å². The molecule has 0 amide bonds. The Morgan fingerprint density at radius 3 is 2.64 bits per heavy atom. The van der Waals surface area contributed by atoms with E-state index in [4.69, 9.17) is 4.98 Å². The minimum atomic E-state index is -0.278. The maximum atomic E-state index is 15.1. The Bertz CT molecular complexity index is 1360. The summed E-state index contributed by atoms with van der Waals surface area (Å²) in [6, 6.07) is 10.8. The molecule has 7 heteroatoms. The summed E-state index contributed by atoms with van der Waals surface area (Å²) >= 11 is 0. The van der Waals surface area contributed by atoms with Crippen molar-refractivity contribution in [1.29, 1.82) is 0 Å². The number of aryl methyl sites for hydroxylation is 1. The van der Waals surface area contributed by atoms with Crippen LogP contribution in [0.25, 0.3) is 22.0 Å². The summed E-state index contributed by atoms with van der Waals surface area (Å²) in [5, 5.41) is 4.37. The molecule has 1 aromatic carbocycles. The minimum absolute atomic E-state index is 0.251. The third-order valence-corrected chi connectivity index (χ3v) is 6.23. The molecule has 0 bridgehead atoms. The standard InChI is InChI=1S/C26H26FN5O/c1-17-8-10-28-16-20(17)22-14-18-9-11-29-26(33)24(18)25(31-22)30-19-6-7-23(21(27)15-19)32-12-4-2-3-5-13-32/h6-11,14-16H,2-5,12-13H2,1H3,(H,29,33)(H,30,31). The first kappa shape index (κ1) is 21.1. The third kappa shape index (κ3) is 4.31. The zero-order valence-corrected chi connectivity index (χ0v) is 18.6. The number of rotatable bonds is 4. The van der Waals surface area contributed by atoms with E-state index in [0.717, 1.165) is 42.4 Å². The van der Waals surface area contributed by atoms with Crippen molar-refractivity contribution < 1.29 is 4.39 Å². The average molecular weight is 444 g/mol. The lowest BCUT2D eigenvalue weighted by molar-refractivity contribution is 0.617. The highest BCUT2D eigenvalue weighted by Crippen LogP contribution is 2.31. The monoisotopic (exact) mass is 443 g/mol. The molecule has 0 unspecified atom stereocenters. The molecule has 1 saturated heterocycles. The van der Waals surface area contributed by atoms with Gasteiger partial charge < -0.3 is 15.2 Å². The molecule has 1 aliphatic rings. The largest absolute Gasteiger partial charge is 0.369 e. The highest BCUT2D eigenvalue weighted by atomic mass is 19.1. The van der Waals surface area contributed by atoms with Crippen LogP contribution in [0.4, 0.5) is 21.6 Å². The molecule has 0 radical (unpaired) electrons. The molecule has 2 N–H and O–H groups in total. The van der Waals surface area contributed by atoms with E-state index >= 15 is 4.39 Å². The summed E-state index contributed by atoms with van der Waals surface area (Å²) in [5.74, 6) is 0.105. The molecule has 0 aliphatic carbocycles. The van der Waals surface area contributed by atoms with Crippen LogP contribution < -0.4 is 15.8 Å². The maximum absolute atomic E-state index is 15.1. The Kier molecular flexibility index (Phi) is 5.77. The summed E-state index contributed by atoms with van der Waals surface area (Å²) in [7, 11) is 0. The molecular weight excluding hydrogens is 417 g/mol. The van der Waals surface area contributed by atoms with Gasteiger partial charge in [-0.3, -0.25) is 9.78 Å². The van der Waals surface area contributed by atoms with E-state index < -0.39 is 0 Å². The van der Waals surface area contributed by atoms with Crippen molar-refractivity contribution in [2.75, 3.05) is 23.3 Å². The van der Waals surface area contributed by atoms with Gasteiger partial charge in [-0.05, 0) is 67.1 Å². The minimum Gasteiger partial charge on any atom is -0.369 e. The first-order valence-corrected chi connectivity index (χ1v) is 11.3. The first-order chi connectivity index (χ1) is 16.1. The van der Waals surface area contributed by atoms with Crippen molar-refractivity contribution in [1.82, 2.24) is 15.0 Å². The molecule has 4 aromatic rings. The Morgan fingerprint density at radius 1 is 1.06 bits per heavy atom. The van der Waals surface area contributed by atoms with Gasteiger partial charge in [0.05, 0.1) is 16.8 Å². The van der Waals surface area contributed by atoms with E-state index in [1.807, 2.05) is 37.3 Å². The van der Waals surface area contributed by atoms with Crippen molar-refractivity contribution in [3.8, 4) is 11.3 Å². The van der Waals surface area contributed by atoms with Crippen LogP contribution in [0.15, 0.2) is 59.8 Å². The number of H-pyrrole nitrogens is 1. The Morgan fingerprint density at radius 2 is 1.88 bits per heavy atom. The fourth-order valence-corrected chi connectivity index (χ4v) is 4.46. The molecule has 3 aromatic heterocycles. The van der Waals surface area contributed by atoms with Crippen molar-refractivity contribution in [2.45, 2.75) is 32.6 Å². The molecule has 6 nitrogen and oxygen atoms in total. The van der Waals surface area contributed by atoms with E-state index in [9.17, 15) is 4.79 Å². The number of halogens is 1. The zero-order chi connectivity index (χ0) is 22.8. The van der Waals surface area contributed by atoms with Gasteiger partial charge in [0, 0.05) is 42.9 Å². The summed E-state index contributed by atoms with van der Waals surface area (Å²) < 4.78 is 15.1. The summed E-state index contributed by atoms with van der Waals surface area (Å²) in [5.41, 5.74) is 3.52. The summed E-state index contributed by atoms with van der Waals surface area (Å²) in [6.45, 7) is 3.74. The van der Waals surface area contributed by atoms with E-state index in [1.54, 1.807) is 18.6 Å². The molecule has 168 valence electrons. The van der Waals surface area contributed by atoms with Crippen molar-refractivity contribution >= 4 is 28.0 Å². The molecule has 0 atom stereocenters. The van der Waals surface area contributed by atoms with Gasteiger partial charge in [0.1, 0.15) is 11.6 Å². The third-order valence-electron chi connectivity index (χ3n) is 6.23. The van der Waals surface area contributed by atoms with Crippen molar-refractivity contribution in [2.24, 2.45) is 0 Å². The van der Waals surface area contributed by atoms with Crippen LogP contribution in [0, 0.1) is 12.7 Å². The highest BCUT2D eigenvalue weighted by molar-refractivity contribution is 5.95. The second-order valence-electron chi connectivity index (χ2n) is 8.51. The van der Waals surface area contributed by atoms with E-state index in [0.29, 0.717) is 28.3 Å². The second kappa shape index (κ2) is 9.02. The fraction of sp³-hybridized carbons (Fsp3) is 0.269. The lowest BCUT2D eigenvalue weighted by Gasteiger charge is -2.23. The molecule has 4 heterocycles. The second-order valence-corrected chi connectivity index (χ2v) is 8.51. The average Bonchev–Trinajstić information content (AvgIpc) is 3.09. The molecule has 0 spiro atoms. The van der Waals surface area contributed by atoms with Crippen LogP contribution in [0.1, 0.15) is 31.2 Å². The van der Waals surface area contributed by atoms with Crippen LogP contribution in [0.2, 0.25) is 0 Å². The summed E-state index contributed by atoms with van der Waals surface area (Å²) in [4.78, 5) is 26.4. The number of hydrogen-bond donors (Lipinski definition) is 2. The lowest BCUT2D eigenvalue weighted by Crippen LogP contribution is -2.24. The molecule has 0 saturated carbocycles. The van der Waals surface area contributed by atoms with Gasteiger partial charge in [0.25, 0.3) is 5.56 Å². The normalized spacial score (nSPS) is 14.3. The number of aromatic nitrogens is 3. The fourth-order valence-electron chi connectivity index (χ4n) is 4.46. The van der Waals surface area contributed by atoms with Crippen LogP contribution in [0.3, 0.4) is 0 Å². The highest BCUT2D eigenvalue weighted by Gasteiger charge is 2.16. The number of aromatic amines is 1. The molecule has 1 fully saturated rings. The number of pyridine rings is 3. The number of nitrogens with zero attached hydrogens (tertiary/aromatic N) is 3. The van der Waals surface area contributed by atoms with E-state index in [-0.39, 0.29) is 11.4 Å². The topological polar surface area (TPSA) is 73.9 Å². The quantitative estimate of drug-likeness (QED) is 0.432. The smallest absolute Gasteiger partial charge is 0.259 e. The SMILES string of the molecule is Cc1ccncc1-c1cc2cc[nH]c(=O)c2c(Nc2ccc(N3CCCCCC3)c(F)c2)n1. The number of anilines is 3. The lowest BCUT2D eigenvalue weighted by atomic mass is 10.1. The Hall–Kier alpha value is -3.74. The zero-order valence-electron chi connectivity index (χ0n) is 18.6. The van der Waals surface area contributed by atoms with Gasteiger partial charge in [-0.15, -0.1) is 0 Å². The van der Waals surface area contributed by atoms with Gasteiger partial charge in [-0.2, -0.15) is 0 Å². The van der Waals surface area contributed by atoms with Gasteiger partial charge in [0.15, 0.2) is 0 Å². The Labute approximate surface area is 191 Å². The van der Waals surface area contributed by atoms with Crippen molar-refractivity contribution in [3.05, 3.63) is 76.7 Å². The predicted octanol–water partition coefficient (Wildman–Crippen LogP) is 5.56. The first-order valence-electron chi connectivity index (χ1n) is 11.3. The van der Waals surface area contributed by atoms with Crippen LogP contribution in [-0.2, 0) is 0 Å². The Balaban J connectivity index is 1.55. The van der Waals surface area contributed by atoms with Crippen LogP contribution in [-0.4, -0.2) is 28.0 Å². The predicted molar refractivity (Wildman–Crippen MR) is 131 cm³/mol. The molecule has 5 rings (SSSR count). The van der Waals surface area contributed by atoms with Gasteiger partial charge in [0.2, 0.25) is 0 Å². The number of nitrogens with one attached hydrogen (secondary N) is 2. The number of fused-ring (bicyclic) bond motifs is 1.